The van der Waals surface area contributed by atoms with E-state index in [0.717, 1.165) is 5.57 Å². The summed E-state index contributed by atoms with van der Waals surface area (Å²) in [4.78, 5) is 2.41. The molecular formula is C22H21NS. The van der Waals surface area contributed by atoms with Gasteiger partial charge < -0.3 is 4.90 Å². The molecule has 1 aliphatic heterocycles. The number of fused-ring (bicyclic) bond motifs is 2. The van der Waals surface area contributed by atoms with E-state index in [1.54, 1.807) is 11.3 Å². The highest BCUT2D eigenvalue weighted by atomic mass is 32.1. The molecule has 4 rings (SSSR count). The van der Waals surface area contributed by atoms with Crippen molar-refractivity contribution in [2.75, 3.05) is 4.90 Å². The highest BCUT2D eigenvalue weighted by Crippen LogP contribution is 2.54. The van der Waals surface area contributed by atoms with E-state index in [4.69, 9.17) is 0 Å². The summed E-state index contributed by atoms with van der Waals surface area (Å²) in [6.07, 6.45) is 0. The molecule has 2 heterocycles. The number of rotatable bonds is 2. The summed E-state index contributed by atoms with van der Waals surface area (Å²) in [5.74, 6) is 0. The summed E-state index contributed by atoms with van der Waals surface area (Å²) in [7, 11) is 0. The van der Waals surface area contributed by atoms with Gasteiger partial charge in [-0.1, -0.05) is 56.8 Å². The summed E-state index contributed by atoms with van der Waals surface area (Å²) in [5, 5.41) is 3.38. The molecule has 1 nitrogen and oxygen atoms in total. The maximum atomic E-state index is 4.23. The lowest BCUT2D eigenvalue weighted by Gasteiger charge is -2.42. The predicted octanol–water partition coefficient (Wildman–Crippen LogP) is 6.89. The van der Waals surface area contributed by atoms with Gasteiger partial charge in [0, 0.05) is 11.0 Å². The molecule has 0 fully saturated rings. The van der Waals surface area contributed by atoms with Crippen LogP contribution in [0.4, 0.5) is 16.4 Å². The van der Waals surface area contributed by atoms with E-state index in [1.165, 1.54) is 33.1 Å². The fourth-order valence-electron chi connectivity index (χ4n) is 3.72. The molecule has 1 aromatic heterocycles. The van der Waals surface area contributed by atoms with Crippen molar-refractivity contribution in [3.8, 4) is 0 Å². The van der Waals surface area contributed by atoms with Gasteiger partial charge in [-0.3, -0.25) is 0 Å². The molecular weight excluding hydrogens is 310 g/mol. The van der Waals surface area contributed by atoms with Crippen LogP contribution in [0.25, 0.3) is 5.57 Å². The Labute approximate surface area is 147 Å². The minimum absolute atomic E-state index is 0.0366. The zero-order valence-corrected chi connectivity index (χ0v) is 15.2. The fraction of sp³-hybridized carbons (Fsp3) is 0.182. The molecule has 2 heteroatoms. The molecule has 0 aliphatic carbocycles. The van der Waals surface area contributed by atoms with E-state index in [-0.39, 0.29) is 5.41 Å². The third-order valence-electron chi connectivity index (χ3n) is 4.94. The minimum atomic E-state index is -0.0366. The Kier molecular flexibility index (Phi) is 3.40. The highest BCUT2D eigenvalue weighted by Gasteiger charge is 2.38. The lowest BCUT2D eigenvalue weighted by Crippen LogP contribution is -2.31. The van der Waals surface area contributed by atoms with Gasteiger partial charge in [-0.2, -0.15) is 0 Å². The van der Waals surface area contributed by atoms with Gasteiger partial charge in [-0.15, -0.1) is 11.3 Å². The number of anilines is 3. The number of nitrogens with zero attached hydrogens (tertiary/aromatic N) is 1. The molecule has 0 saturated heterocycles. The third-order valence-corrected chi connectivity index (χ3v) is 5.79. The van der Waals surface area contributed by atoms with Gasteiger partial charge in [0.25, 0.3) is 0 Å². The second-order valence-electron chi connectivity index (χ2n) is 6.91. The Bertz CT molecular complexity index is 919. The summed E-state index contributed by atoms with van der Waals surface area (Å²) in [5.41, 5.74) is 7.56. The van der Waals surface area contributed by atoms with Crippen molar-refractivity contribution in [3.63, 3.8) is 0 Å². The Morgan fingerprint density at radius 1 is 0.958 bits per heavy atom. The first kappa shape index (κ1) is 15.2. The predicted molar refractivity (Wildman–Crippen MR) is 106 cm³/mol. The van der Waals surface area contributed by atoms with E-state index in [0.29, 0.717) is 0 Å². The van der Waals surface area contributed by atoms with Crippen molar-refractivity contribution >= 4 is 33.3 Å². The second-order valence-corrected chi connectivity index (χ2v) is 7.84. The maximum Gasteiger partial charge on any atom is 0.0999 e. The van der Waals surface area contributed by atoms with Crippen molar-refractivity contribution in [1.82, 2.24) is 0 Å². The topological polar surface area (TPSA) is 3.24 Å². The van der Waals surface area contributed by atoms with Gasteiger partial charge in [0.1, 0.15) is 0 Å². The summed E-state index contributed by atoms with van der Waals surface area (Å²) in [6, 6.07) is 19.7. The highest BCUT2D eigenvalue weighted by molar-refractivity contribution is 7.14. The number of para-hydroxylation sites is 2. The lowest BCUT2D eigenvalue weighted by molar-refractivity contribution is 0.632. The molecule has 0 unspecified atom stereocenters. The van der Waals surface area contributed by atoms with Crippen LogP contribution in [-0.2, 0) is 5.41 Å². The molecule has 0 bridgehead atoms. The summed E-state index contributed by atoms with van der Waals surface area (Å²) in [6.45, 7) is 11.0. The molecule has 2 aromatic carbocycles. The lowest BCUT2D eigenvalue weighted by atomic mass is 9.72. The molecule has 0 spiro atoms. The van der Waals surface area contributed by atoms with Gasteiger partial charge in [-0.25, -0.2) is 0 Å². The largest absolute Gasteiger partial charge is 0.301 e. The smallest absolute Gasteiger partial charge is 0.0999 e. The van der Waals surface area contributed by atoms with Crippen molar-refractivity contribution < 1.29 is 0 Å². The van der Waals surface area contributed by atoms with E-state index >= 15 is 0 Å². The van der Waals surface area contributed by atoms with Crippen molar-refractivity contribution in [2.45, 2.75) is 26.2 Å². The van der Waals surface area contributed by atoms with Crippen LogP contribution < -0.4 is 4.90 Å². The average Bonchev–Trinajstić information content (AvgIpc) is 3.09. The number of allylic oxidation sites excluding steroid dienone is 1. The van der Waals surface area contributed by atoms with Crippen LogP contribution in [0, 0.1) is 0 Å². The van der Waals surface area contributed by atoms with Crippen LogP contribution >= 0.6 is 11.3 Å². The Morgan fingerprint density at radius 3 is 2.42 bits per heavy atom. The minimum Gasteiger partial charge on any atom is -0.301 e. The van der Waals surface area contributed by atoms with Gasteiger partial charge >= 0.3 is 0 Å². The Balaban J connectivity index is 2.12. The number of benzene rings is 2. The molecule has 0 radical (unpaired) electrons. The van der Waals surface area contributed by atoms with E-state index < -0.39 is 0 Å². The van der Waals surface area contributed by atoms with Crippen molar-refractivity contribution in [3.05, 3.63) is 83.2 Å². The van der Waals surface area contributed by atoms with Crippen LogP contribution in [0.1, 0.15) is 37.5 Å². The molecule has 0 atom stereocenters. The first-order valence-corrected chi connectivity index (χ1v) is 9.12. The SMILES string of the molecule is C=C(C)c1cccc2c1N(c1cccs1)c1ccccc1C2(C)C. The normalized spacial score (nSPS) is 14.9. The molecule has 0 saturated carbocycles. The molecule has 120 valence electrons. The molecule has 0 amide bonds. The summed E-state index contributed by atoms with van der Waals surface area (Å²) < 4.78 is 0. The van der Waals surface area contributed by atoms with Crippen LogP contribution in [-0.4, -0.2) is 0 Å². The van der Waals surface area contributed by atoms with Gasteiger partial charge in [0.05, 0.1) is 16.4 Å². The summed E-state index contributed by atoms with van der Waals surface area (Å²) >= 11 is 1.77. The van der Waals surface area contributed by atoms with Crippen LogP contribution in [0.5, 0.6) is 0 Å². The van der Waals surface area contributed by atoms with Gasteiger partial charge in [-0.05, 0) is 47.2 Å². The van der Waals surface area contributed by atoms with Crippen molar-refractivity contribution in [1.29, 1.82) is 0 Å². The van der Waals surface area contributed by atoms with Crippen LogP contribution in [0.15, 0.2) is 66.6 Å². The van der Waals surface area contributed by atoms with Crippen LogP contribution in [0.2, 0.25) is 0 Å². The monoisotopic (exact) mass is 331 g/mol. The van der Waals surface area contributed by atoms with Crippen LogP contribution in [0.3, 0.4) is 0 Å². The first-order chi connectivity index (χ1) is 11.5. The van der Waals surface area contributed by atoms with Gasteiger partial charge in [0.2, 0.25) is 0 Å². The van der Waals surface area contributed by atoms with Crippen molar-refractivity contribution in [2.24, 2.45) is 0 Å². The average molecular weight is 331 g/mol. The number of hydrogen-bond acceptors (Lipinski definition) is 2. The number of thiophene rings is 1. The van der Waals surface area contributed by atoms with E-state index in [9.17, 15) is 0 Å². The number of hydrogen-bond donors (Lipinski definition) is 0. The molecule has 24 heavy (non-hydrogen) atoms. The Morgan fingerprint density at radius 2 is 1.71 bits per heavy atom. The molecule has 1 aliphatic rings. The Hall–Kier alpha value is -2.32. The van der Waals surface area contributed by atoms with Gasteiger partial charge in [0.15, 0.2) is 0 Å². The third kappa shape index (κ3) is 2.06. The fourth-order valence-corrected chi connectivity index (χ4v) is 4.47. The molecule has 0 N–H and O–H groups in total. The second kappa shape index (κ2) is 5.35. The zero-order chi connectivity index (χ0) is 16.9. The molecule has 3 aromatic rings. The van der Waals surface area contributed by atoms with E-state index in [1.807, 2.05) is 0 Å². The zero-order valence-electron chi connectivity index (χ0n) is 14.3. The maximum absolute atomic E-state index is 4.23. The standard InChI is InChI=1S/C22H21NS/c1-15(2)16-9-7-11-18-21(16)23(20-13-8-14-24-20)19-12-6-5-10-17(19)22(18,3)4/h5-14H,1H2,2-4H3. The van der Waals surface area contributed by atoms with E-state index in [2.05, 4.69) is 92.2 Å². The first-order valence-electron chi connectivity index (χ1n) is 8.24. The quantitative estimate of drug-likeness (QED) is 0.494.